The van der Waals surface area contributed by atoms with Crippen LogP contribution in [0.15, 0.2) is 0 Å². The van der Waals surface area contributed by atoms with E-state index in [1.54, 1.807) is 0 Å². The molecule has 1 saturated heterocycles. The fourth-order valence-electron chi connectivity index (χ4n) is 0.840. The molecular weight excluding hydrogens is 106 g/mol. The molecular formula is C5H10NO2+. The highest BCUT2D eigenvalue weighted by molar-refractivity contribution is 5.76. The topological polar surface area (TPSA) is 53.9 Å². The van der Waals surface area contributed by atoms with Gasteiger partial charge in [-0.25, -0.2) is 4.79 Å². The molecule has 0 bridgehead atoms. The van der Waals surface area contributed by atoms with E-state index in [0.717, 1.165) is 6.42 Å². The van der Waals surface area contributed by atoms with Gasteiger partial charge in [0.1, 0.15) is 6.10 Å². The summed E-state index contributed by atoms with van der Waals surface area (Å²) >= 11 is 0. The summed E-state index contributed by atoms with van der Waals surface area (Å²) in [5, 5.41) is 0. The highest BCUT2D eigenvalue weighted by Gasteiger charge is 2.31. The van der Waals surface area contributed by atoms with Crippen LogP contribution in [0.2, 0.25) is 0 Å². The number of quaternary nitrogens is 1. The molecule has 0 spiro atoms. The second-order valence-corrected chi connectivity index (χ2v) is 2.18. The molecule has 1 heterocycles. The average molecular weight is 116 g/mol. The van der Waals surface area contributed by atoms with Gasteiger partial charge in [0, 0.05) is 6.42 Å². The van der Waals surface area contributed by atoms with Gasteiger partial charge in [0.2, 0.25) is 0 Å². The maximum Gasteiger partial charge on any atom is 0.365 e. The minimum atomic E-state index is -0.155. The molecule has 3 N–H and O–H groups in total. The van der Waals surface area contributed by atoms with Gasteiger partial charge in [-0.05, 0) is 6.92 Å². The van der Waals surface area contributed by atoms with E-state index in [2.05, 4.69) is 5.73 Å². The van der Waals surface area contributed by atoms with Crippen molar-refractivity contribution in [3.05, 3.63) is 0 Å². The van der Waals surface area contributed by atoms with Gasteiger partial charge in [0.15, 0.2) is 6.04 Å². The molecule has 0 aromatic rings. The molecule has 1 fully saturated rings. The predicted molar refractivity (Wildman–Crippen MR) is 26.8 cm³/mol. The van der Waals surface area contributed by atoms with Gasteiger partial charge >= 0.3 is 5.97 Å². The van der Waals surface area contributed by atoms with Crippen molar-refractivity contribution in [3.8, 4) is 0 Å². The minimum absolute atomic E-state index is 0.0880. The molecule has 0 aromatic heterocycles. The van der Waals surface area contributed by atoms with Crippen LogP contribution < -0.4 is 5.73 Å². The van der Waals surface area contributed by atoms with Crippen molar-refractivity contribution in [1.82, 2.24) is 0 Å². The molecule has 1 aliphatic heterocycles. The van der Waals surface area contributed by atoms with Crippen LogP contribution >= 0.6 is 0 Å². The molecule has 3 heteroatoms. The lowest BCUT2D eigenvalue weighted by molar-refractivity contribution is -0.402. The summed E-state index contributed by atoms with van der Waals surface area (Å²) in [5.41, 5.74) is 3.59. The summed E-state index contributed by atoms with van der Waals surface area (Å²) in [6, 6.07) is -0.120. The summed E-state index contributed by atoms with van der Waals surface area (Å²) in [5.74, 6) is -0.155. The Balaban J connectivity index is 2.51. The van der Waals surface area contributed by atoms with Crippen molar-refractivity contribution in [2.75, 3.05) is 0 Å². The predicted octanol–water partition coefficient (Wildman–Crippen LogP) is -1.07. The standard InChI is InChI=1S/C5H9NO2/c1-3-2-4(6)5(7)8-3/h3-4H,2,6H2,1H3/p+1/t3-,4-/m0/s1. The van der Waals surface area contributed by atoms with Crippen LogP contribution in [0.25, 0.3) is 0 Å². The van der Waals surface area contributed by atoms with E-state index in [1.807, 2.05) is 6.92 Å². The van der Waals surface area contributed by atoms with Crippen LogP contribution in [0.4, 0.5) is 0 Å². The van der Waals surface area contributed by atoms with E-state index in [4.69, 9.17) is 4.74 Å². The van der Waals surface area contributed by atoms with Crippen LogP contribution in [-0.4, -0.2) is 18.1 Å². The van der Waals surface area contributed by atoms with Crippen molar-refractivity contribution >= 4 is 5.97 Å². The van der Waals surface area contributed by atoms with E-state index in [9.17, 15) is 4.79 Å². The Morgan fingerprint density at radius 2 is 2.50 bits per heavy atom. The number of ether oxygens (including phenoxy) is 1. The summed E-state index contributed by atoms with van der Waals surface area (Å²) in [7, 11) is 0. The molecule has 8 heavy (non-hydrogen) atoms. The fourth-order valence-corrected chi connectivity index (χ4v) is 0.840. The lowest BCUT2D eigenvalue weighted by Crippen LogP contribution is -2.63. The van der Waals surface area contributed by atoms with E-state index in [1.165, 1.54) is 0 Å². The number of rotatable bonds is 0. The van der Waals surface area contributed by atoms with Crippen LogP contribution in [0.3, 0.4) is 0 Å². The van der Waals surface area contributed by atoms with Crippen molar-refractivity contribution in [2.45, 2.75) is 25.5 Å². The van der Waals surface area contributed by atoms with Crippen molar-refractivity contribution < 1.29 is 15.3 Å². The zero-order valence-corrected chi connectivity index (χ0v) is 4.89. The minimum Gasteiger partial charge on any atom is -0.458 e. The van der Waals surface area contributed by atoms with Crippen LogP contribution in [0.5, 0.6) is 0 Å². The summed E-state index contributed by atoms with van der Waals surface area (Å²) in [6.45, 7) is 1.88. The normalized spacial score (nSPS) is 37.5. The number of carbonyl (C=O) groups is 1. The van der Waals surface area contributed by atoms with Crippen LogP contribution in [-0.2, 0) is 9.53 Å². The molecule has 0 unspecified atom stereocenters. The first-order valence-corrected chi connectivity index (χ1v) is 2.73. The van der Waals surface area contributed by atoms with E-state index in [0.29, 0.717) is 0 Å². The first-order chi connectivity index (χ1) is 3.70. The zero-order valence-electron chi connectivity index (χ0n) is 4.89. The Kier molecular flexibility index (Phi) is 1.21. The molecule has 0 aromatic carbocycles. The molecule has 1 aliphatic rings. The first-order valence-electron chi connectivity index (χ1n) is 2.73. The first kappa shape index (κ1) is 5.56. The largest absolute Gasteiger partial charge is 0.458 e. The van der Waals surface area contributed by atoms with Gasteiger partial charge in [-0.1, -0.05) is 0 Å². The monoisotopic (exact) mass is 116 g/mol. The van der Waals surface area contributed by atoms with E-state index in [-0.39, 0.29) is 18.1 Å². The number of hydrogen-bond acceptors (Lipinski definition) is 2. The summed E-state index contributed by atoms with van der Waals surface area (Å²) in [4.78, 5) is 10.5. The Bertz CT molecular complexity index is 113. The van der Waals surface area contributed by atoms with Crippen molar-refractivity contribution in [3.63, 3.8) is 0 Å². The average Bonchev–Trinajstić information content (AvgIpc) is 1.85. The third kappa shape index (κ3) is 0.816. The second-order valence-electron chi connectivity index (χ2n) is 2.18. The molecule has 46 valence electrons. The molecule has 0 radical (unpaired) electrons. The molecule has 3 nitrogen and oxygen atoms in total. The highest BCUT2D eigenvalue weighted by atomic mass is 16.6. The van der Waals surface area contributed by atoms with Crippen LogP contribution in [0, 0.1) is 0 Å². The summed E-state index contributed by atoms with van der Waals surface area (Å²) in [6.07, 6.45) is 0.865. The van der Waals surface area contributed by atoms with Crippen molar-refractivity contribution in [2.24, 2.45) is 0 Å². The Morgan fingerprint density at radius 3 is 2.62 bits per heavy atom. The smallest absolute Gasteiger partial charge is 0.365 e. The Labute approximate surface area is 47.8 Å². The third-order valence-corrected chi connectivity index (χ3v) is 1.27. The van der Waals surface area contributed by atoms with Gasteiger partial charge in [-0.3, -0.25) is 0 Å². The van der Waals surface area contributed by atoms with E-state index < -0.39 is 0 Å². The lowest BCUT2D eigenvalue weighted by atomic mass is 10.2. The number of carbonyl (C=O) groups excluding carboxylic acids is 1. The fraction of sp³-hybridized carbons (Fsp3) is 0.800. The lowest BCUT2D eigenvalue weighted by Gasteiger charge is -1.94. The maximum atomic E-state index is 10.5. The van der Waals surface area contributed by atoms with Gasteiger partial charge in [-0.15, -0.1) is 0 Å². The highest BCUT2D eigenvalue weighted by Crippen LogP contribution is 2.09. The van der Waals surface area contributed by atoms with E-state index >= 15 is 0 Å². The van der Waals surface area contributed by atoms with Crippen molar-refractivity contribution in [1.29, 1.82) is 0 Å². The van der Waals surface area contributed by atoms with Gasteiger partial charge in [0.25, 0.3) is 0 Å². The summed E-state index contributed by atoms with van der Waals surface area (Å²) < 4.78 is 4.77. The van der Waals surface area contributed by atoms with Gasteiger partial charge in [-0.2, -0.15) is 0 Å². The quantitative estimate of drug-likeness (QED) is 0.410. The molecule has 2 atom stereocenters. The number of esters is 1. The molecule has 0 aliphatic carbocycles. The molecule has 1 rings (SSSR count). The number of cyclic esters (lactones) is 1. The SMILES string of the molecule is C[C@H]1C[C@H]([NH3+])C(=O)O1. The third-order valence-electron chi connectivity index (χ3n) is 1.27. The maximum absolute atomic E-state index is 10.5. The second kappa shape index (κ2) is 1.74. The van der Waals surface area contributed by atoms with Crippen LogP contribution in [0.1, 0.15) is 13.3 Å². The van der Waals surface area contributed by atoms with Gasteiger partial charge < -0.3 is 10.5 Å². The Morgan fingerprint density at radius 1 is 1.88 bits per heavy atom. The number of hydrogen-bond donors (Lipinski definition) is 1. The zero-order chi connectivity index (χ0) is 6.15. The molecule has 0 saturated carbocycles. The molecule has 0 amide bonds. The van der Waals surface area contributed by atoms with Gasteiger partial charge in [0.05, 0.1) is 0 Å². The Hall–Kier alpha value is -0.570.